The summed E-state index contributed by atoms with van der Waals surface area (Å²) in [4.78, 5) is 9.94. The van der Waals surface area contributed by atoms with Gasteiger partial charge in [-0.2, -0.15) is 0 Å². The van der Waals surface area contributed by atoms with Gasteiger partial charge in [0.05, 0.1) is 0 Å². The predicted octanol–water partition coefficient (Wildman–Crippen LogP) is 2.99. The van der Waals surface area contributed by atoms with E-state index in [2.05, 4.69) is 57.7 Å². The van der Waals surface area contributed by atoms with Crippen molar-refractivity contribution in [3.63, 3.8) is 0 Å². The molecule has 84 valence electrons. The van der Waals surface area contributed by atoms with Crippen molar-refractivity contribution >= 4 is 18.2 Å². The Morgan fingerprint density at radius 2 is 1.60 bits per heavy atom. The zero-order chi connectivity index (χ0) is 11.9. The van der Waals surface area contributed by atoms with Crippen LogP contribution in [-0.4, -0.2) is 11.2 Å². The SMILES string of the molecule is Cc1ccc(SC(C)(C)C)cc1.NC=O. The molecule has 15 heavy (non-hydrogen) atoms. The molecular weight excluding hydrogens is 206 g/mol. The van der Waals surface area contributed by atoms with Crippen LogP contribution in [-0.2, 0) is 4.79 Å². The highest BCUT2D eigenvalue weighted by Crippen LogP contribution is 2.31. The number of primary amides is 1. The van der Waals surface area contributed by atoms with Crippen molar-refractivity contribution in [1.82, 2.24) is 0 Å². The van der Waals surface area contributed by atoms with Crippen molar-refractivity contribution in [2.45, 2.75) is 37.3 Å². The summed E-state index contributed by atoms with van der Waals surface area (Å²) in [6, 6.07) is 8.69. The zero-order valence-electron chi connectivity index (χ0n) is 9.78. The standard InChI is InChI=1S/C11H16S.CH3NO/c1-9-5-7-10(8-6-9)12-11(2,3)4;2-1-3/h5-8H,1-4H3;1H,(H2,2,3). The Balaban J connectivity index is 0.000000583. The van der Waals surface area contributed by atoms with Crippen LogP contribution in [0.1, 0.15) is 26.3 Å². The van der Waals surface area contributed by atoms with Crippen molar-refractivity contribution in [3.8, 4) is 0 Å². The van der Waals surface area contributed by atoms with Gasteiger partial charge in [0, 0.05) is 9.64 Å². The van der Waals surface area contributed by atoms with E-state index in [0.717, 1.165) is 0 Å². The Kier molecular flexibility index (Phi) is 6.09. The van der Waals surface area contributed by atoms with E-state index < -0.39 is 0 Å². The van der Waals surface area contributed by atoms with Crippen LogP contribution in [0.2, 0.25) is 0 Å². The second-order valence-corrected chi connectivity index (χ2v) is 6.06. The number of aryl methyl sites for hydroxylation is 1. The van der Waals surface area contributed by atoms with E-state index in [1.165, 1.54) is 10.5 Å². The van der Waals surface area contributed by atoms with E-state index in [-0.39, 0.29) is 6.41 Å². The summed E-state index contributed by atoms with van der Waals surface area (Å²) < 4.78 is 0.315. The van der Waals surface area contributed by atoms with Gasteiger partial charge >= 0.3 is 0 Å². The van der Waals surface area contributed by atoms with Gasteiger partial charge in [-0.05, 0) is 19.1 Å². The quantitative estimate of drug-likeness (QED) is 0.590. The Bertz CT molecular complexity index is 287. The van der Waals surface area contributed by atoms with Crippen molar-refractivity contribution in [1.29, 1.82) is 0 Å². The molecule has 0 aliphatic heterocycles. The van der Waals surface area contributed by atoms with Crippen LogP contribution >= 0.6 is 11.8 Å². The maximum Gasteiger partial charge on any atom is 0.204 e. The number of benzene rings is 1. The van der Waals surface area contributed by atoms with Crippen LogP contribution < -0.4 is 5.73 Å². The fraction of sp³-hybridized carbons (Fsp3) is 0.417. The van der Waals surface area contributed by atoms with Crippen LogP contribution in [0.3, 0.4) is 0 Å². The van der Waals surface area contributed by atoms with E-state index >= 15 is 0 Å². The average molecular weight is 225 g/mol. The molecule has 0 saturated heterocycles. The molecule has 1 aromatic carbocycles. The fourth-order valence-corrected chi connectivity index (χ4v) is 1.94. The van der Waals surface area contributed by atoms with Crippen molar-refractivity contribution in [2.75, 3.05) is 0 Å². The lowest BCUT2D eigenvalue weighted by atomic mass is 10.2. The first-order valence-corrected chi connectivity index (χ1v) is 5.62. The van der Waals surface area contributed by atoms with Gasteiger partial charge in [0.1, 0.15) is 0 Å². The first kappa shape index (κ1) is 14.0. The summed E-state index contributed by atoms with van der Waals surface area (Å²) >= 11 is 1.91. The predicted molar refractivity (Wildman–Crippen MR) is 67.0 cm³/mol. The number of amides is 1. The highest BCUT2D eigenvalue weighted by atomic mass is 32.2. The van der Waals surface area contributed by atoms with Gasteiger partial charge in [-0.25, -0.2) is 0 Å². The molecule has 0 radical (unpaired) electrons. The average Bonchev–Trinajstić information content (AvgIpc) is 2.08. The molecule has 3 heteroatoms. The van der Waals surface area contributed by atoms with E-state index in [1.54, 1.807) is 0 Å². The van der Waals surface area contributed by atoms with Gasteiger partial charge in [0.2, 0.25) is 6.41 Å². The number of hydrogen-bond acceptors (Lipinski definition) is 2. The molecule has 0 unspecified atom stereocenters. The van der Waals surface area contributed by atoms with Crippen LogP contribution in [0.4, 0.5) is 0 Å². The Labute approximate surface area is 96.3 Å². The topological polar surface area (TPSA) is 43.1 Å². The summed E-state index contributed by atoms with van der Waals surface area (Å²) in [7, 11) is 0. The summed E-state index contributed by atoms with van der Waals surface area (Å²) in [6.07, 6.45) is 0.250. The van der Waals surface area contributed by atoms with Gasteiger partial charge in [0.25, 0.3) is 0 Å². The third-order valence-electron chi connectivity index (χ3n) is 1.45. The first-order valence-electron chi connectivity index (χ1n) is 4.80. The highest BCUT2D eigenvalue weighted by molar-refractivity contribution is 8.00. The number of thioether (sulfide) groups is 1. The van der Waals surface area contributed by atoms with E-state index in [9.17, 15) is 0 Å². The maximum absolute atomic E-state index is 8.58. The van der Waals surface area contributed by atoms with E-state index in [1.807, 2.05) is 11.8 Å². The summed E-state index contributed by atoms with van der Waals surface area (Å²) in [5, 5.41) is 0. The number of nitrogens with two attached hydrogens (primary N) is 1. The Hall–Kier alpha value is -0.960. The smallest absolute Gasteiger partial charge is 0.204 e. The number of carbonyl (C=O) groups is 1. The molecule has 1 amide bonds. The van der Waals surface area contributed by atoms with Crippen molar-refractivity contribution in [3.05, 3.63) is 29.8 Å². The molecule has 2 nitrogen and oxygen atoms in total. The lowest BCUT2D eigenvalue weighted by molar-refractivity contribution is -0.106. The molecule has 0 atom stereocenters. The highest BCUT2D eigenvalue weighted by Gasteiger charge is 2.11. The minimum atomic E-state index is 0.250. The van der Waals surface area contributed by atoms with Gasteiger partial charge in [-0.1, -0.05) is 38.5 Å². The first-order chi connectivity index (χ1) is 6.89. The van der Waals surface area contributed by atoms with Crippen LogP contribution in [0.5, 0.6) is 0 Å². The van der Waals surface area contributed by atoms with E-state index in [4.69, 9.17) is 4.79 Å². The molecule has 0 spiro atoms. The Morgan fingerprint density at radius 3 is 1.93 bits per heavy atom. The molecule has 1 rings (SSSR count). The van der Waals surface area contributed by atoms with Gasteiger partial charge in [-0.3, -0.25) is 4.79 Å². The molecule has 1 aromatic rings. The molecule has 2 N–H and O–H groups in total. The molecular formula is C12H19NOS. The molecule has 0 saturated carbocycles. The molecule has 0 fully saturated rings. The number of hydrogen-bond donors (Lipinski definition) is 1. The van der Waals surface area contributed by atoms with Crippen LogP contribution in [0.15, 0.2) is 29.2 Å². The Morgan fingerprint density at radius 1 is 1.20 bits per heavy atom. The normalized spacial score (nSPS) is 10.1. The third kappa shape index (κ3) is 8.06. The van der Waals surface area contributed by atoms with Gasteiger partial charge in [-0.15, -0.1) is 11.8 Å². The number of rotatable bonds is 1. The largest absolute Gasteiger partial charge is 0.372 e. The van der Waals surface area contributed by atoms with Crippen LogP contribution in [0, 0.1) is 6.92 Å². The van der Waals surface area contributed by atoms with Gasteiger partial charge < -0.3 is 5.73 Å². The lowest BCUT2D eigenvalue weighted by Gasteiger charge is -2.17. The van der Waals surface area contributed by atoms with Crippen molar-refractivity contribution in [2.24, 2.45) is 5.73 Å². The summed E-state index contributed by atoms with van der Waals surface area (Å²) in [5.41, 5.74) is 5.49. The fourth-order valence-electron chi connectivity index (χ4n) is 0.960. The maximum atomic E-state index is 8.58. The second kappa shape index (κ2) is 6.51. The number of carbonyl (C=O) groups excluding carboxylic acids is 1. The third-order valence-corrected chi connectivity index (χ3v) is 2.57. The zero-order valence-corrected chi connectivity index (χ0v) is 10.6. The minimum Gasteiger partial charge on any atom is -0.372 e. The molecule has 0 bridgehead atoms. The van der Waals surface area contributed by atoms with E-state index in [0.29, 0.717) is 4.75 Å². The summed E-state index contributed by atoms with van der Waals surface area (Å²) in [6.45, 7) is 8.82. The molecule has 0 heterocycles. The molecule has 0 aromatic heterocycles. The molecule has 0 aliphatic carbocycles. The van der Waals surface area contributed by atoms with Gasteiger partial charge in [0.15, 0.2) is 0 Å². The van der Waals surface area contributed by atoms with Crippen LogP contribution in [0.25, 0.3) is 0 Å². The molecule has 0 aliphatic rings. The van der Waals surface area contributed by atoms with Crippen molar-refractivity contribution < 1.29 is 4.79 Å². The second-order valence-electron chi connectivity index (χ2n) is 4.16. The lowest BCUT2D eigenvalue weighted by Crippen LogP contribution is -2.06. The monoisotopic (exact) mass is 225 g/mol. The minimum absolute atomic E-state index is 0.250. The summed E-state index contributed by atoms with van der Waals surface area (Å²) in [5.74, 6) is 0.